The molecule has 0 aliphatic carbocycles. The van der Waals surface area contributed by atoms with E-state index in [1.54, 1.807) is 11.3 Å². The molecule has 1 saturated heterocycles. The lowest BCUT2D eigenvalue weighted by Crippen LogP contribution is -2.34. The van der Waals surface area contributed by atoms with Crippen molar-refractivity contribution in [1.29, 1.82) is 0 Å². The van der Waals surface area contributed by atoms with E-state index in [9.17, 15) is 4.79 Å². The first-order valence-corrected chi connectivity index (χ1v) is 6.96. The van der Waals surface area contributed by atoms with E-state index in [4.69, 9.17) is 0 Å². The molecule has 0 spiro atoms. The SMILES string of the molecule is CC(C)c1cnc(NC(=O)C2CCNCC2)s1.Cl. The van der Waals surface area contributed by atoms with Gasteiger partial charge in [0.25, 0.3) is 0 Å². The molecule has 0 unspecified atom stereocenters. The van der Waals surface area contributed by atoms with Crippen molar-refractivity contribution in [1.82, 2.24) is 10.3 Å². The number of nitrogens with one attached hydrogen (secondary N) is 2. The van der Waals surface area contributed by atoms with E-state index in [2.05, 4.69) is 29.5 Å². The molecule has 1 fully saturated rings. The molecule has 0 saturated carbocycles. The van der Waals surface area contributed by atoms with E-state index >= 15 is 0 Å². The van der Waals surface area contributed by atoms with Crippen LogP contribution >= 0.6 is 23.7 Å². The van der Waals surface area contributed by atoms with Crippen LogP contribution in [0.3, 0.4) is 0 Å². The van der Waals surface area contributed by atoms with Crippen molar-refractivity contribution in [3.63, 3.8) is 0 Å². The lowest BCUT2D eigenvalue weighted by Gasteiger charge is -2.21. The number of hydrogen-bond acceptors (Lipinski definition) is 4. The first-order valence-electron chi connectivity index (χ1n) is 6.14. The maximum Gasteiger partial charge on any atom is 0.229 e. The number of anilines is 1. The van der Waals surface area contributed by atoms with Crippen LogP contribution in [0, 0.1) is 5.92 Å². The molecule has 0 atom stereocenters. The second-order valence-corrected chi connectivity index (χ2v) is 5.80. The first kappa shape index (κ1) is 15.4. The summed E-state index contributed by atoms with van der Waals surface area (Å²) < 4.78 is 0. The fraction of sp³-hybridized carbons (Fsp3) is 0.667. The highest BCUT2D eigenvalue weighted by Gasteiger charge is 2.21. The summed E-state index contributed by atoms with van der Waals surface area (Å²) >= 11 is 1.57. The zero-order valence-corrected chi connectivity index (χ0v) is 12.4. The van der Waals surface area contributed by atoms with Gasteiger partial charge in [0.1, 0.15) is 0 Å². The molecule has 6 heteroatoms. The Balaban J connectivity index is 0.00000162. The summed E-state index contributed by atoms with van der Waals surface area (Å²) in [4.78, 5) is 17.4. The van der Waals surface area contributed by atoms with Gasteiger partial charge in [-0.2, -0.15) is 0 Å². The molecule has 18 heavy (non-hydrogen) atoms. The Morgan fingerprint density at radius 2 is 2.17 bits per heavy atom. The number of aromatic nitrogens is 1. The number of carbonyl (C=O) groups excluding carboxylic acids is 1. The Hall–Kier alpha value is -0.650. The van der Waals surface area contributed by atoms with Gasteiger partial charge >= 0.3 is 0 Å². The van der Waals surface area contributed by atoms with Gasteiger partial charge in [-0.05, 0) is 31.8 Å². The van der Waals surface area contributed by atoms with Gasteiger partial charge < -0.3 is 10.6 Å². The highest BCUT2D eigenvalue weighted by molar-refractivity contribution is 7.15. The molecule has 102 valence electrons. The lowest BCUT2D eigenvalue weighted by atomic mass is 9.97. The van der Waals surface area contributed by atoms with Crippen LogP contribution in [-0.4, -0.2) is 24.0 Å². The average Bonchev–Trinajstić information content (AvgIpc) is 2.79. The van der Waals surface area contributed by atoms with Crippen LogP contribution < -0.4 is 10.6 Å². The van der Waals surface area contributed by atoms with Crippen molar-refractivity contribution in [3.8, 4) is 0 Å². The maximum absolute atomic E-state index is 12.0. The van der Waals surface area contributed by atoms with Gasteiger partial charge in [-0.3, -0.25) is 4.79 Å². The summed E-state index contributed by atoms with van der Waals surface area (Å²) in [5, 5.41) is 6.92. The van der Waals surface area contributed by atoms with Gasteiger partial charge in [0, 0.05) is 17.0 Å². The molecular weight excluding hydrogens is 270 g/mol. The number of hydrogen-bond donors (Lipinski definition) is 2. The van der Waals surface area contributed by atoms with Crippen LogP contribution in [0.2, 0.25) is 0 Å². The summed E-state index contributed by atoms with van der Waals surface area (Å²) in [5.41, 5.74) is 0. The number of piperidine rings is 1. The second-order valence-electron chi connectivity index (χ2n) is 4.74. The summed E-state index contributed by atoms with van der Waals surface area (Å²) in [6.07, 6.45) is 3.70. The Kier molecular flexibility index (Phi) is 6.05. The third kappa shape index (κ3) is 3.93. The minimum atomic E-state index is 0. The minimum absolute atomic E-state index is 0. The van der Waals surface area contributed by atoms with Crippen LogP contribution in [-0.2, 0) is 4.79 Å². The molecule has 1 aliphatic rings. The zero-order valence-electron chi connectivity index (χ0n) is 10.7. The quantitative estimate of drug-likeness (QED) is 0.899. The van der Waals surface area contributed by atoms with Gasteiger partial charge in [-0.1, -0.05) is 13.8 Å². The van der Waals surface area contributed by atoms with Crippen LogP contribution in [0.4, 0.5) is 5.13 Å². The first-order chi connectivity index (χ1) is 8.16. The summed E-state index contributed by atoms with van der Waals surface area (Å²) in [6, 6.07) is 0. The highest BCUT2D eigenvalue weighted by Crippen LogP contribution is 2.26. The lowest BCUT2D eigenvalue weighted by molar-refractivity contribution is -0.120. The number of amides is 1. The third-order valence-corrected chi connectivity index (χ3v) is 4.25. The van der Waals surface area contributed by atoms with Gasteiger partial charge in [0.05, 0.1) is 0 Å². The molecule has 1 aromatic heterocycles. The molecule has 0 bridgehead atoms. The van der Waals surface area contributed by atoms with E-state index < -0.39 is 0 Å². The van der Waals surface area contributed by atoms with Crippen molar-refractivity contribution < 1.29 is 4.79 Å². The zero-order chi connectivity index (χ0) is 12.3. The van der Waals surface area contributed by atoms with E-state index in [0.29, 0.717) is 5.92 Å². The Morgan fingerprint density at radius 3 is 2.72 bits per heavy atom. The van der Waals surface area contributed by atoms with Crippen molar-refractivity contribution in [2.24, 2.45) is 5.92 Å². The molecule has 1 aliphatic heterocycles. The molecule has 1 aromatic rings. The monoisotopic (exact) mass is 289 g/mol. The second kappa shape index (κ2) is 7.07. The molecule has 0 radical (unpaired) electrons. The van der Waals surface area contributed by atoms with Gasteiger partial charge in [-0.25, -0.2) is 4.98 Å². The maximum atomic E-state index is 12.0. The number of nitrogens with zero attached hydrogens (tertiary/aromatic N) is 1. The number of halogens is 1. The summed E-state index contributed by atoms with van der Waals surface area (Å²) in [6.45, 7) is 6.14. The van der Waals surface area contributed by atoms with Crippen molar-refractivity contribution in [3.05, 3.63) is 11.1 Å². The van der Waals surface area contributed by atoms with Gasteiger partial charge in [-0.15, -0.1) is 23.7 Å². The van der Waals surface area contributed by atoms with Crippen LogP contribution in [0.1, 0.15) is 37.5 Å². The smallest absolute Gasteiger partial charge is 0.229 e. The number of rotatable bonds is 3. The summed E-state index contributed by atoms with van der Waals surface area (Å²) in [7, 11) is 0. The fourth-order valence-electron chi connectivity index (χ4n) is 1.90. The molecule has 2 rings (SSSR count). The van der Waals surface area contributed by atoms with Crippen LogP contribution in [0.5, 0.6) is 0 Å². The van der Waals surface area contributed by atoms with E-state index in [1.807, 2.05) is 6.20 Å². The largest absolute Gasteiger partial charge is 0.317 e. The average molecular weight is 290 g/mol. The van der Waals surface area contributed by atoms with Crippen LogP contribution in [0.25, 0.3) is 0 Å². The Bertz CT molecular complexity index is 388. The molecule has 0 aromatic carbocycles. The standard InChI is InChI=1S/C12H19N3OS.ClH/c1-8(2)10-7-14-12(17-10)15-11(16)9-3-5-13-6-4-9;/h7-9,13H,3-6H2,1-2H3,(H,14,15,16);1H. The molecule has 1 amide bonds. The highest BCUT2D eigenvalue weighted by atomic mass is 35.5. The topological polar surface area (TPSA) is 54.0 Å². The fourth-order valence-corrected chi connectivity index (χ4v) is 2.72. The van der Waals surface area contributed by atoms with Crippen LogP contribution in [0.15, 0.2) is 6.20 Å². The van der Waals surface area contributed by atoms with E-state index in [0.717, 1.165) is 31.1 Å². The predicted octanol–water partition coefficient (Wildman–Crippen LogP) is 2.63. The minimum Gasteiger partial charge on any atom is -0.317 e. The number of thiazole rings is 1. The molecule has 4 nitrogen and oxygen atoms in total. The van der Waals surface area contributed by atoms with Gasteiger partial charge in [0.15, 0.2) is 5.13 Å². The Labute approximate surface area is 118 Å². The van der Waals surface area contributed by atoms with Gasteiger partial charge in [0.2, 0.25) is 5.91 Å². The van der Waals surface area contributed by atoms with E-state index in [-0.39, 0.29) is 24.2 Å². The van der Waals surface area contributed by atoms with Crippen molar-refractivity contribution >= 4 is 34.8 Å². The van der Waals surface area contributed by atoms with Crippen molar-refractivity contribution in [2.45, 2.75) is 32.6 Å². The number of carbonyl (C=O) groups is 1. The van der Waals surface area contributed by atoms with Crippen molar-refractivity contribution in [2.75, 3.05) is 18.4 Å². The molecule has 2 heterocycles. The molecule has 2 N–H and O–H groups in total. The molecular formula is C12H20ClN3OS. The third-order valence-electron chi connectivity index (χ3n) is 3.03. The Morgan fingerprint density at radius 1 is 1.50 bits per heavy atom. The summed E-state index contributed by atoms with van der Waals surface area (Å²) in [5.74, 6) is 0.732. The van der Waals surface area contributed by atoms with E-state index in [1.165, 1.54) is 4.88 Å². The predicted molar refractivity (Wildman–Crippen MR) is 77.7 cm³/mol. The normalized spacial score (nSPS) is 16.4.